The quantitative estimate of drug-likeness (QED) is 0.341. The van der Waals surface area contributed by atoms with Gasteiger partial charge in [-0.2, -0.15) is 0 Å². The Hall–Kier alpha value is -0.610. The molecular formula is C7H12O4. The molecule has 1 saturated heterocycles. The minimum Gasteiger partial charge on any atom is -0.468 e. The van der Waals surface area contributed by atoms with Gasteiger partial charge >= 0.3 is 0 Å². The van der Waals surface area contributed by atoms with Crippen molar-refractivity contribution < 1.29 is 19.3 Å². The summed E-state index contributed by atoms with van der Waals surface area (Å²) in [7, 11) is 0. The molecule has 1 heterocycles. The van der Waals surface area contributed by atoms with E-state index in [-0.39, 0.29) is 0 Å². The number of rotatable bonds is 4. The number of hydrogen-bond acceptors (Lipinski definition) is 4. The fraction of sp³-hybridized carbons (Fsp3) is 0.857. The second kappa shape index (κ2) is 5.09. The molecule has 4 nitrogen and oxygen atoms in total. The molecule has 0 aromatic carbocycles. The molecule has 0 aromatic heterocycles. The monoisotopic (exact) mass is 160 g/mol. The molecule has 11 heavy (non-hydrogen) atoms. The molecule has 4 heteroatoms. The van der Waals surface area contributed by atoms with Crippen LogP contribution < -0.4 is 0 Å². The molecule has 1 atom stereocenters. The van der Waals surface area contributed by atoms with Gasteiger partial charge in [-0.25, -0.2) is 9.78 Å². The SMILES string of the molecule is O=COCCC1CCOOC1. The van der Waals surface area contributed by atoms with Crippen LogP contribution in [0.15, 0.2) is 0 Å². The maximum absolute atomic E-state index is 9.77. The zero-order valence-corrected chi connectivity index (χ0v) is 6.32. The average molecular weight is 160 g/mol. The van der Waals surface area contributed by atoms with E-state index in [2.05, 4.69) is 4.74 Å². The van der Waals surface area contributed by atoms with Crippen molar-refractivity contribution >= 4 is 6.47 Å². The van der Waals surface area contributed by atoms with Gasteiger partial charge in [0.15, 0.2) is 0 Å². The molecule has 0 amide bonds. The normalized spacial score (nSPS) is 24.5. The largest absolute Gasteiger partial charge is 0.468 e. The Morgan fingerprint density at radius 1 is 1.55 bits per heavy atom. The summed E-state index contributed by atoms with van der Waals surface area (Å²) in [6, 6.07) is 0. The van der Waals surface area contributed by atoms with E-state index in [4.69, 9.17) is 9.78 Å². The van der Waals surface area contributed by atoms with Crippen LogP contribution in [0.4, 0.5) is 0 Å². The molecule has 0 saturated carbocycles. The summed E-state index contributed by atoms with van der Waals surface area (Å²) in [6.45, 7) is 2.21. The zero-order valence-electron chi connectivity index (χ0n) is 6.32. The molecule has 1 rings (SSSR count). The van der Waals surface area contributed by atoms with Gasteiger partial charge in [-0.05, 0) is 18.8 Å². The highest BCUT2D eigenvalue weighted by Crippen LogP contribution is 2.13. The van der Waals surface area contributed by atoms with Gasteiger partial charge < -0.3 is 4.74 Å². The van der Waals surface area contributed by atoms with E-state index in [1.807, 2.05) is 0 Å². The zero-order chi connectivity index (χ0) is 7.94. The number of hydrogen-bond donors (Lipinski definition) is 0. The van der Waals surface area contributed by atoms with Crippen molar-refractivity contribution in [3.8, 4) is 0 Å². The van der Waals surface area contributed by atoms with Crippen LogP contribution in [0.5, 0.6) is 0 Å². The first-order chi connectivity index (χ1) is 5.43. The molecule has 1 aliphatic rings. The van der Waals surface area contributed by atoms with Crippen molar-refractivity contribution in [1.82, 2.24) is 0 Å². The van der Waals surface area contributed by atoms with Gasteiger partial charge in [-0.15, -0.1) is 0 Å². The van der Waals surface area contributed by atoms with Crippen LogP contribution >= 0.6 is 0 Å². The maximum atomic E-state index is 9.77. The summed E-state index contributed by atoms with van der Waals surface area (Å²) in [5.41, 5.74) is 0. The number of carbonyl (C=O) groups excluding carboxylic acids is 1. The molecule has 0 bridgehead atoms. The van der Waals surface area contributed by atoms with E-state index >= 15 is 0 Å². The van der Waals surface area contributed by atoms with Crippen molar-refractivity contribution in [3.05, 3.63) is 0 Å². The predicted octanol–water partition coefficient (Wildman–Crippen LogP) is 0.518. The average Bonchev–Trinajstić information content (AvgIpc) is 2.07. The number of ether oxygens (including phenoxy) is 1. The fourth-order valence-electron chi connectivity index (χ4n) is 1.01. The van der Waals surface area contributed by atoms with Crippen LogP contribution in [0, 0.1) is 5.92 Å². The third kappa shape index (κ3) is 3.34. The van der Waals surface area contributed by atoms with Gasteiger partial charge in [0.1, 0.15) is 0 Å². The van der Waals surface area contributed by atoms with E-state index < -0.39 is 0 Å². The highest BCUT2D eigenvalue weighted by molar-refractivity contribution is 5.36. The van der Waals surface area contributed by atoms with E-state index in [0.29, 0.717) is 32.2 Å². The van der Waals surface area contributed by atoms with E-state index in [0.717, 1.165) is 12.8 Å². The Morgan fingerprint density at radius 3 is 3.09 bits per heavy atom. The molecule has 64 valence electrons. The minimum atomic E-state index is 0.472. The Bertz CT molecular complexity index is 109. The molecular weight excluding hydrogens is 148 g/mol. The molecule has 1 aliphatic heterocycles. The van der Waals surface area contributed by atoms with Crippen LogP contribution in [0.2, 0.25) is 0 Å². The van der Waals surface area contributed by atoms with E-state index in [1.165, 1.54) is 0 Å². The molecule has 0 aromatic rings. The van der Waals surface area contributed by atoms with Crippen LogP contribution in [0.3, 0.4) is 0 Å². The summed E-state index contributed by atoms with van der Waals surface area (Å²) in [5, 5.41) is 0. The minimum absolute atomic E-state index is 0.472. The Kier molecular flexibility index (Phi) is 3.93. The van der Waals surface area contributed by atoms with Crippen molar-refractivity contribution in [2.45, 2.75) is 12.8 Å². The molecule has 0 N–H and O–H groups in total. The van der Waals surface area contributed by atoms with Gasteiger partial charge in [0.05, 0.1) is 19.8 Å². The summed E-state index contributed by atoms with van der Waals surface area (Å²) in [4.78, 5) is 19.2. The fourth-order valence-corrected chi connectivity index (χ4v) is 1.01. The van der Waals surface area contributed by atoms with E-state index in [9.17, 15) is 4.79 Å². The summed E-state index contributed by atoms with van der Waals surface area (Å²) >= 11 is 0. The highest BCUT2D eigenvalue weighted by Gasteiger charge is 2.14. The lowest BCUT2D eigenvalue weighted by Gasteiger charge is -2.20. The Balaban J connectivity index is 2.00. The Labute approximate surface area is 65.4 Å². The van der Waals surface area contributed by atoms with E-state index in [1.54, 1.807) is 0 Å². The summed E-state index contributed by atoms with van der Waals surface area (Å²) in [5.74, 6) is 0.476. The van der Waals surface area contributed by atoms with Crippen molar-refractivity contribution in [3.63, 3.8) is 0 Å². The molecule has 0 aliphatic carbocycles. The summed E-state index contributed by atoms with van der Waals surface area (Å²) < 4.78 is 4.56. The molecule has 0 spiro atoms. The van der Waals surface area contributed by atoms with Crippen molar-refractivity contribution in [2.75, 3.05) is 19.8 Å². The summed E-state index contributed by atoms with van der Waals surface area (Å²) in [6.07, 6.45) is 1.85. The first-order valence-corrected chi connectivity index (χ1v) is 3.73. The van der Waals surface area contributed by atoms with Crippen LogP contribution in [0.1, 0.15) is 12.8 Å². The van der Waals surface area contributed by atoms with Gasteiger partial charge in [0.25, 0.3) is 6.47 Å². The third-order valence-electron chi connectivity index (χ3n) is 1.71. The smallest absolute Gasteiger partial charge is 0.293 e. The van der Waals surface area contributed by atoms with Gasteiger partial charge in [0, 0.05) is 0 Å². The maximum Gasteiger partial charge on any atom is 0.293 e. The third-order valence-corrected chi connectivity index (χ3v) is 1.71. The standard InChI is InChI=1S/C7H12O4/c8-6-9-3-1-7-2-4-10-11-5-7/h6-7H,1-5H2. The topological polar surface area (TPSA) is 44.8 Å². The van der Waals surface area contributed by atoms with Gasteiger partial charge in [0.2, 0.25) is 0 Å². The Morgan fingerprint density at radius 2 is 2.45 bits per heavy atom. The van der Waals surface area contributed by atoms with Gasteiger partial charge in [-0.1, -0.05) is 0 Å². The van der Waals surface area contributed by atoms with Crippen LogP contribution in [0.25, 0.3) is 0 Å². The van der Waals surface area contributed by atoms with Crippen LogP contribution in [-0.2, 0) is 19.3 Å². The second-order valence-corrected chi connectivity index (χ2v) is 2.52. The van der Waals surface area contributed by atoms with Crippen molar-refractivity contribution in [2.24, 2.45) is 5.92 Å². The molecule has 1 unspecified atom stereocenters. The first-order valence-electron chi connectivity index (χ1n) is 3.73. The lowest BCUT2D eigenvalue weighted by molar-refractivity contribution is -0.324. The van der Waals surface area contributed by atoms with Gasteiger partial charge in [-0.3, -0.25) is 4.79 Å². The molecule has 0 radical (unpaired) electrons. The number of carbonyl (C=O) groups is 1. The lowest BCUT2D eigenvalue weighted by Crippen LogP contribution is -2.20. The second-order valence-electron chi connectivity index (χ2n) is 2.52. The predicted molar refractivity (Wildman–Crippen MR) is 36.6 cm³/mol. The van der Waals surface area contributed by atoms with Crippen molar-refractivity contribution in [1.29, 1.82) is 0 Å². The van der Waals surface area contributed by atoms with Crippen LogP contribution in [-0.4, -0.2) is 26.3 Å². The highest BCUT2D eigenvalue weighted by atomic mass is 17.2. The first kappa shape index (κ1) is 8.49. The lowest BCUT2D eigenvalue weighted by atomic mass is 10.0. The molecule has 1 fully saturated rings.